The zero-order valence-electron chi connectivity index (χ0n) is 18.8. The molecule has 0 bridgehead atoms. The Morgan fingerprint density at radius 2 is 1.84 bits per heavy atom. The number of aliphatic hydroxyl groups excluding tert-OH is 1. The van der Waals surface area contributed by atoms with Crippen molar-refractivity contribution in [3.8, 4) is 17.6 Å². The number of nitrogens with zero attached hydrogens (tertiary/aromatic N) is 2. The van der Waals surface area contributed by atoms with Crippen molar-refractivity contribution >= 4 is 0 Å². The van der Waals surface area contributed by atoms with Crippen LogP contribution in [0.3, 0.4) is 0 Å². The molecule has 2 aromatic carbocycles. The Morgan fingerprint density at radius 1 is 1.06 bits per heavy atom. The van der Waals surface area contributed by atoms with Crippen LogP contribution in [0.25, 0.3) is 0 Å². The van der Waals surface area contributed by atoms with E-state index in [0.717, 1.165) is 50.5 Å². The Morgan fingerprint density at radius 3 is 2.52 bits per heavy atom. The zero-order chi connectivity index (χ0) is 22.3. The molecule has 1 heterocycles. The SMILES string of the molecule is COc1cccc(CN2CCN(Cc3ccc(C#CC(C)(C)O)cc3)C[C@H]2CCO)c1. The normalized spacial score (nSPS) is 17.8. The van der Waals surface area contributed by atoms with E-state index in [4.69, 9.17) is 4.74 Å². The average molecular weight is 423 g/mol. The fraction of sp³-hybridized carbons (Fsp3) is 0.462. The third-order valence-electron chi connectivity index (χ3n) is 5.54. The van der Waals surface area contributed by atoms with Gasteiger partial charge in [0.25, 0.3) is 0 Å². The lowest BCUT2D eigenvalue weighted by Gasteiger charge is -2.41. The molecule has 2 N–H and O–H groups in total. The highest BCUT2D eigenvalue weighted by Gasteiger charge is 2.26. The Balaban J connectivity index is 1.60. The highest BCUT2D eigenvalue weighted by atomic mass is 16.5. The summed E-state index contributed by atoms with van der Waals surface area (Å²) >= 11 is 0. The van der Waals surface area contributed by atoms with Gasteiger partial charge in [0.1, 0.15) is 11.4 Å². The van der Waals surface area contributed by atoms with Crippen molar-refractivity contribution in [3.63, 3.8) is 0 Å². The minimum atomic E-state index is -0.981. The molecule has 1 fully saturated rings. The smallest absolute Gasteiger partial charge is 0.120 e. The first-order valence-corrected chi connectivity index (χ1v) is 10.9. The van der Waals surface area contributed by atoms with E-state index in [1.165, 1.54) is 11.1 Å². The van der Waals surface area contributed by atoms with E-state index in [-0.39, 0.29) is 6.61 Å². The van der Waals surface area contributed by atoms with Crippen molar-refractivity contribution in [3.05, 3.63) is 65.2 Å². The number of methoxy groups -OCH3 is 1. The summed E-state index contributed by atoms with van der Waals surface area (Å²) in [5.41, 5.74) is 2.41. The van der Waals surface area contributed by atoms with Crippen molar-refractivity contribution in [2.45, 2.75) is 45.0 Å². The van der Waals surface area contributed by atoms with E-state index >= 15 is 0 Å². The van der Waals surface area contributed by atoms with Gasteiger partial charge in [0.2, 0.25) is 0 Å². The molecule has 0 spiro atoms. The molecule has 5 heteroatoms. The molecule has 0 saturated carbocycles. The van der Waals surface area contributed by atoms with Gasteiger partial charge in [0.15, 0.2) is 0 Å². The van der Waals surface area contributed by atoms with Crippen molar-refractivity contribution < 1.29 is 14.9 Å². The van der Waals surface area contributed by atoms with Crippen LogP contribution in [-0.2, 0) is 13.1 Å². The van der Waals surface area contributed by atoms with Gasteiger partial charge in [-0.15, -0.1) is 0 Å². The van der Waals surface area contributed by atoms with Crippen LogP contribution in [0.2, 0.25) is 0 Å². The standard InChI is InChI=1S/C26H34N2O3/c1-26(2,30)13-11-21-7-9-22(10-8-21)18-27-14-15-28(24(20-27)12-16-29)19-23-5-4-6-25(17-23)31-3/h4-10,17,24,29-30H,12,14-16,18-20H2,1-3H3/t24-/m1/s1. The van der Waals surface area contributed by atoms with Crippen LogP contribution in [0, 0.1) is 11.8 Å². The van der Waals surface area contributed by atoms with Crippen LogP contribution < -0.4 is 4.74 Å². The molecule has 1 saturated heterocycles. The lowest BCUT2D eigenvalue weighted by Crippen LogP contribution is -2.52. The molecule has 0 amide bonds. The highest BCUT2D eigenvalue weighted by molar-refractivity contribution is 5.37. The third-order valence-corrected chi connectivity index (χ3v) is 5.54. The molecule has 5 nitrogen and oxygen atoms in total. The number of piperazine rings is 1. The fourth-order valence-corrected chi connectivity index (χ4v) is 3.91. The van der Waals surface area contributed by atoms with Gasteiger partial charge in [0.05, 0.1) is 7.11 Å². The van der Waals surface area contributed by atoms with Crippen LogP contribution in [0.1, 0.15) is 37.0 Å². The average Bonchev–Trinajstić information content (AvgIpc) is 2.75. The molecule has 31 heavy (non-hydrogen) atoms. The second-order valence-electron chi connectivity index (χ2n) is 8.73. The summed E-state index contributed by atoms with van der Waals surface area (Å²) < 4.78 is 5.35. The van der Waals surface area contributed by atoms with Gasteiger partial charge in [-0.25, -0.2) is 0 Å². The molecular formula is C26H34N2O3. The molecule has 0 aliphatic carbocycles. The summed E-state index contributed by atoms with van der Waals surface area (Å²) in [4.78, 5) is 4.93. The summed E-state index contributed by atoms with van der Waals surface area (Å²) in [6.07, 6.45) is 0.770. The van der Waals surface area contributed by atoms with E-state index < -0.39 is 5.60 Å². The summed E-state index contributed by atoms with van der Waals surface area (Å²) in [5, 5.41) is 19.4. The Labute approximate surface area is 186 Å². The second kappa shape index (κ2) is 10.8. The number of rotatable bonds is 7. The largest absolute Gasteiger partial charge is 0.497 e. The van der Waals surface area contributed by atoms with Crippen LogP contribution in [0.15, 0.2) is 48.5 Å². The molecule has 1 atom stereocenters. The van der Waals surface area contributed by atoms with Crippen molar-refractivity contribution in [1.29, 1.82) is 0 Å². The van der Waals surface area contributed by atoms with E-state index in [1.807, 2.05) is 24.3 Å². The molecule has 166 valence electrons. The molecule has 3 rings (SSSR count). The summed E-state index contributed by atoms with van der Waals surface area (Å²) in [6.45, 7) is 8.21. The maximum atomic E-state index is 9.75. The van der Waals surface area contributed by atoms with Crippen molar-refractivity contribution in [2.24, 2.45) is 0 Å². The minimum Gasteiger partial charge on any atom is -0.497 e. The van der Waals surface area contributed by atoms with Gasteiger partial charge in [-0.3, -0.25) is 9.80 Å². The van der Waals surface area contributed by atoms with Gasteiger partial charge in [0, 0.05) is 50.9 Å². The van der Waals surface area contributed by atoms with Crippen molar-refractivity contribution in [1.82, 2.24) is 9.80 Å². The first kappa shape index (κ1) is 23.3. The van der Waals surface area contributed by atoms with E-state index in [0.29, 0.717) is 6.04 Å². The molecule has 0 aromatic heterocycles. The Kier molecular flexibility index (Phi) is 8.11. The van der Waals surface area contributed by atoms with Crippen LogP contribution in [0.5, 0.6) is 5.75 Å². The Bertz CT molecular complexity index is 893. The van der Waals surface area contributed by atoms with Crippen molar-refractivity contribution in [2.75, 3.05) is 33.4 Å². The second-order valence-corrected chi connectivity index (χ2v) is 8.73. The van der Waals surface area contributed by atoms with Crippen LogP contribution in [-0.4, -0.2) is 65.0 Å². The predicted molar refractivity (Wildman–Crippen MR) is 124 cm³/mol. The first-order chi connectivity index (χ1) is 14.9. The fourth-order valence-electron chi connectivity index (χ4n) is 3.91. The van der Waals surface area contributed by atoms with Gasteiger partial charge in [-0.1, -0.05) is 36.1 Å². The number of benzene rings is 2. The monoisotopic (exact) mass is 422 g/mol. The molecule has 0 radical (unpaired) electrons. The van der Waals surface area contributed by atoms with E-state index in [2.05, 4.69) is 45.9 Å². The maximum absolute atomic E-state index is 9.75. The number of hydrogen-bond donors (Lipinski definition) is 2. The lowest BCUT2D eigenvalue weighted by atomic mass is 10.0. The van der Waals surface area contributed by atoms with E-state index in [1.54, 1.807) is 21.0 Å². The third kappa shape index (κ3) is 7.37. The van der Waals surface area contributed by atoms with Crippen LogP contribution >= 0.6 is 0 Å². The van der Waals surface area contributed by atoms with Gasteiger partial charge < -0.3 is 14.9 Å². The summed E-state index contributed by atoms with van der Waals surface area (Å²) in [7, 11) is 1.69. The highest BCUT2D eigenvalue weighted by Crippen LogP contribution is 2.20. The number of ether oxygens (including phenoxy) is 1. The van der Waals surface area contributed by atoms with Crippen LogP contribution in [0.4, 0.5) is 0 Å². The molecule has 2 aromatic rings. The first-order valence-electron chi connectivity index (χ1n) is 10.9. The lowest BCUT2D eigenvalue weighted by molar-refractivity contribution is 0.0499. The predicted octanol–water partition coefficient (Wildman–Crippen LogP) is 2.89. The van der Waals surface area contributed by atoms with Gasteiger partial charge in [-0.05, 0) is 55.7 Å². The van der Waals surface area contributed by atoms with E-state index in [9.17, 15) is 10.2 Å². The van der Waals surface area contributed by atoms with Gasteiger partial charge in [-0.2, -0.15) is 0 Å². The molecule has 1 aliphatic rings. The minimum absolute atomic E-state index is 0.196. The summed E-state index contributed by atoms with van der Waals surface area (Å²) in [6, 6.07) is 16.8. The molecule has 0 unspecified atom stereocenters. The number of hydrogen-bond acceptors (Lipinski definition) is 5. The quantitative estimate of drug-likeness (QED) is 0.672. The van der Waals surface area contributed by atoms with Gasteiger partial charge >= 0.3 is 0 Å². The topological polar surface area (TPSA) is 56.2 Å². The maximum Gasteiger partial charge on any atom is 0.120 e. The molecular weight excluding hydrogens is 388 g/mol. The Hall–Kier alpha value is -2.36. The number of aliphatic hydroxyl groups is 2. The summed E-state index contributed by atoms with van der Waals surface area (Å²) in [5.74, 6) is 6.75. The molecule has 1 aliphatic heterocycles. The zero-order valence-corrected chi connectivity index (χ0v) is 18.8.